The molecule has 1 aromatic rings. The van der Waals surface area contributed by atoms with Crippen LogP contribution in [-0.2, 0) is 4.79 Å². The first-order chi connectivity index (χ1) is 8.11. The lowest BCUT2D eigenvalue weighted by Crippen LogP contribution is -2.51. The molecule has 0 spiro atoms. The van der Waals surface area contributed by atoms with Crippen LogP contribution in [0.25, 0.3) is 0 Å². The number of amides is 1. The van der Waals surface area contributed by atoms with Crippen molar-refractivity contribution in [1.29, 1.82) is 0 Å². The first-order valence-electron chi connectivity index (χ1n) is 5.83. The average molecular weight is 253 g/mol. The summed E-state index contributed by atoms with van der Waals surface area (Å²) in [6.45, 7) is 3.59. The van der Waals surface area contributed by atoms with Crippen LogP contribution in [0.5, 0.6) is 0 Å². The van der Waals surface area contributed by atoms with Crippen LogP contribution < -0.4 is 5.32 Å². The van der Waals surface area contributed by atoms with Crippen LogP contribution in [0.3, 0.4) is 0 Å². The van der Waals surface area contributed by atoms with Gasteiger partial charge in [-0.1, -0.05) is 29.8 Å². The van der Waals surface area contributed by atoms with Crippen LogP contribution in [0.4, 0.5) is 0 Å². The van der Waals surface area contributed by atoms with E-state index in [9.17, 15) is 4.79 Å². The predicted octanol–water partition coefficient (Wildman–Crippen LogP) is 2.08. The van der Waals surface area contributed by atoms with E-state index in [1.54, 1.807) is 4.90 Å². The zero-order valence-electron chi connectivity index (χ0n) is 10.1. The molecule has 2 rings (SSSR count). The van der Waals surface area contributed by atoms with Crippen molar-refractivity contribution in [3.8, 4) is 0 Å². The normalized spacial score (nSPS) is 17.4. The third-order valence-electron chi connectivity index (χ3n) is 3.41. The lowest BCUT2D eigenvalue weighted by Gasteiger charge is -2.33. The molecule has 0 aliphatic carbocycles. The van der Waals surface area contributed by atoms with Crippen molar-refractivity contribution in [2.45, 2.75) is 13.0 Å². The van der Waals surface area contributed by atoms with Gasteiger partial charge in [0.1, 0.15) is 0 Å². The Kier molecular flexibility index (Phi) is 3.69. The summed E-state index contributed by atoms with van der Waals surface area (Å²) in [7, 11) is 1.84. The molecule has 3 nitrogen and oxygen atoms in total. The molecule has 1 saturated heterocycles. The molecule has 0 radical (unpaired) electrons. The number of rotatable bonds is 3. The van der Waals surface area contributed by atoms with E-state index in [0.29, 0.717) is 5.02 Å². The number of halogens is 1. The van der Waals surface area contributed by atoms with Crippen molar-refractivity contribution >= 4 is 17.5 Å². The number of nitrogens with zero attached hydrogens (tertiary/aromatic N) is 1. The molecule has 1 fully saturated rings. The van der Waals surface area contributed by atoms with E-state index in [1.807, 2.05) is 38.2 Å². The van der Waals surface area contributed by atoms with E-state index in [1.165, 1.54) is 0 Å². The van der Waals surface area contributed by atoms with Gasteiger partial charge in [-0.15, -0.1) is 0 Å². The standard InChI is InChI=1S/C13H17ClN2O/c1-9(11-5-3-4-6-12(11)14)16(2)13(17)10-7-15-8-10/h3-6,9-10,15H,7-8H2,1-2H3. The van der Waals surface area contributed by atoms with Gasteiger partial charge in [0, 0.05) is 25.2 Å². The Morgan fingerprint density at radius 1 is 1.47 bits per heavy atom. The summed E-state index contributed by atoms with van der Waals surface area (Å²) >= 11 is 6.14. The summed E-state index contributed by atoms with van der Waals surface area (Å²) < 4.78 is 0. The van der Waals surface area contributed by atoms with Crippen LogP contribution in [0.2, 0.25) is 5.02 Å². The highest BCUT2D eigenvalue weighted by molar-refractivity contribution is 6.31. The second-order valence-electron chi connectivity index (χ2n) is 4.50. The Bertz CT molecular complexity index is 418. The Morgan fingerprint density at radius 3 is 2.65 bits per heavy atom. The molecule has 1 heterocycles. The van der Waals surface area contributed by atoms with Crippen LogP contribution in [0.15, 0.2) is 24.3 Å². The minimum atomic E-state index is 0.0109. The van der Waals surface area contributed by atoms with Gasteiger partial charge in [0.2, 0.25) is 5.91 Å². The maximum Gasteiger partial charge on any atom is 0.228 e. The number of hydrogen-bond donors (Lipinski definition) is 1. The van der Waals surface area contributed by atoms with Gasteiger partial charge in [-0.3, -0.25) is 4.79 Å². The van der Waals surface area contributed by atoms with Crippen molar-refractivity contribution in [3.63, 3.8) is 0 Å². The summed E-state index contributed by atoms with van der Waals surface area (Å²) in [5.41, 5.74) is 0.997. The molecular formula is C13H17ClN2O. The highest BCUT2D eigenvalue weighted by Crippen LogP contribution is 2.27. The summed E-state index contributed by atoms with van der Waals surface area (Å²) in [6, 6.07) is 7.68. The zero-order chi connectivity index (χ0) is 12.4. The second kappa shape index (κ2) is 5.07. The van der Waals surface area contributed by atoms with E-state index in [2.05, 4.69) is 5.32 Å². The minimum Gasteiger partial charge on any atom is -0.339 e. The Hall–Kier alpha value is -1.06. The summed E-state index contributed by atoms with van der Waals surface area (Å²) in [5.74, 6) is 0.320. The molecule has 1 aromatic carbocycles. The number of hydrogen-bond acceptors (Lipinski definition) is 2. The fourth-order valence-electron chi connectivity index (χ4n) is 1.96. The van der Waals surface area contributed by atoms with Gasteiger partial charge in [0.25, 0.3) is 0 Å². The molecule has 1 aliphatic rings. The van der Waals surface area contributed by atoms with Gasteiger partial charge >= 0.3 is 0 Å². The van der Waals surface area contributed by atoms with E-state index in [4.69, 9.17) is 11.6 Å². The molecule has 0 bridgehead atoms. The second-order valence-corrected chi connectivity index (χ2v) is 4.91. The van der Waals surface area contributed by atoms with Crippen molar-refractivity contribution in [2.24, 2.45) is 5.92 Å². The molecule has 1 aliphatic heterocycles. The molecule has 1 atom stereocenters. The van der Waals surface area contributed by atoms with Gasteiger partial charge in [0.15, 0.2) is 0 Å². The molecule has 0 aromatic heterocycles. The maximum atomic E-state index is 12.1. The van der Waals surface area contributed by atoms with E-state index < -0.39 is 0 Å². The Balaban J connectivity index is 2.11. The molecular weight excluding hydrogens is 236 g/mol. The van der Waals surface area contributed by atoms with Crippen molar-refractivity contribution in [3.05, 3.63) is 34.9 Å². The smallest absolute Gasteiger partial charge is 0.228 e. The lowest BCUT2D eigenvalue weighted by atomic mass is 9.99. The fraction of sp³-hybridized carbons (Fsp3) is 0.462. The molecule has 4 heteroatoms. The zero-order valence-corrected chi connectivity index (χ0v) is 10.9. The molecule has 0 saturated carbocycles. The van der Waals surface area contributed by atoms with Crippen LogP contribution in [0.1, 0.15) is 18.5 Å². The monoisotopic (exact) mass is 252 g/mol. The Labute approximate surface area is 107 Å². The quantitative estimate of drug-likeness (QED) is 0.893. The highest BCUT2D eigenvalue weighted by atomic mass is 35.5. The number of carbonyl (C=O) groups is 1. The molecule has 92 valence electrons. The highest BCUT2D eigenvalue weighted by Gasteiger charge is 2.30. The third-order valence-corrected chi connectivity index (χ3v) is 3.76. The number of carbonyl (C=O) groups excluding carboxylic acids is 1. The molecule has 1 amide bonds. The van der Waals surface area contributed by atoms with Gasteiger partial charge in [-0.05, 0) is 18.6 Å². The first-order valence-corrected chi connectivity index (χ1v) is 6.21. The van der Waals surface area contributed by atoms with Gasteiger partial charge in [0.05, 0.1) is 12.0 Å². The van der Waals surface area contributed by atoms with Gasteiger partial charge in [-0.2, -0.15) is 0 Å². The predicted molar refractivity (Wildman–Crippen MR) is 69.0 cm³/mol. The van der Waals surface area contributed by atoms with Crippen LogP contribution in [-0.4, -0.2) is 30.9 Å². The minimum absolute atomic E-state index is 0.0109. The summed E-state index contributed by atoms with van der Waals surface area (Å²) in [5, 5.41) is 3.83. The third kappa shape index (κ3) is 2.45. The summed E-state index contributed by atoms with van der Waals surface area (Å²) in [6.07, 6.45) is 0. The lowest BCUT2D eigenvalue weighted by molar-refractivity contribution is -0.137. The Morgan fingerprint density at radius 2 is 2.12 bits per heavy atom. The fourth-order valence-corrected chi connectivity index (χ4v) is 2.26. The SMILES string of the molecule is CC(c1ccccc1Cl)N(C)C(=O)C1CNC1. The van der Waals surface area contributed by atoms with Crippen molar-refractivity contribution in [2.75, 3.05) is 20.1 Å². The van der Waals surface area contributed by atoms with E-state index in [0.717, 1.165) is 18.7 Å². The largest absolute Gasteiger partial charge is 0.339 e. The molecule has 1 unspecified atom stereocenters. The maximum absolute atomic E-state index is 12.1. The first kappa shape index (κ1) is 12.4. The van der Waals surface area contributed by atoms with Crippen molar-refractivity contribution in [1.82, 2.24) is 10.2 Å². The summed E-state index contributed by atoms with van der Waals surface area (Å²) in [4.78, 5) is 13.9. The number of nitrogens with one attached hydrogen (secondary N) is 1. The van der Waals surface area contributed by atoms with E-state index >= 15 is 0 Å². The van der Waals surface area contributed by atoms with Crippen LogP contribution >= 0.6 is 11.6 Å². The van der Waals surface area contributed by atoms with Gasteiger partial charge in [-0.25, -0.2) is 0 Å². The topological polar surface area (TPSA) is 32.3 Å². The molecule has 1 N–H and O–H groups in total. The van der Waals surface area contributed by atoms with Crippen molar-refractivity contribution < 1.29 is 4.79 Å². The van der Waals surface area contributed by atoms with Crippen LogP contribution in [0, 0.1) is 5.92 Å². The average Bonchev–Trinajstić information content (AvgIpc) is 2.25. The number of benzene rings is 1. The van der Waals surface area contributed by atoms with E-state index in [-0.39, 0.29) is 17.9 Å². The van der Waals surface area contributed by atoms with Gasteiger partial charge < -0.3 is 10.2 Å². The molecule has 17 heavy (non-hydrogen) atoms.